The van der Waals surface area contributed by atoms with E-state index in [-0.39, 0.29) is 6.04 Å². The minimum absolute atomic E-state index is 0.0942. The topological polar surface area (TPSA) is 15.7 Å². The van der Waals surface area contributed by atoms with Crippen molar-refractivity contribution in [1.82, 2.24) is 0 Å². The molecule has 302 valence electrons. The summed E-state index contributed by atoms with van der Waals surface area (Å²) in [7, 11) is 0. The molecule has 0 radical (unpaired) electrons. The summed E-state index contributed by atoms with van der Waals surface area (Å²) in [4.78, 5) is 4.91. The van der Waals surface area contributed by atoms with E-state index in [4.69, 9.17) is 4.74 Å². The molecule has 9 aromatic carbocycles. The van der Waals surface area contributed by atoms with Crippen molar-refractivity contribution in [2.24, 2.45) is 0 Å². The second kappa shape index (κ2) is 16.2. The number of anilines is 5. The summed E-state index contributed by atoms with van der Waals surface area (Å²) >= 11 is 0. The number of fused-ring (bicyclic) bond motifs is 3. The normalized spacial score (nSPS) is 13.7. The molecule has 0 saturated heterocycles. The Kier molecular flexibility index (Phi) is 9.78. The van der Waals surface area contributed by atoms with Gasteiger partial charge in [0.2, 0.25) is 0 Å². The summed E-state index contributed by atoms with van der Waals surface area (Å²) in [5.41, 5.74) is 17.4. The molecule has 3 heteroatoms. The van der Waals surface area contributed by atoms with E-state index in [2.05, 4.69) is 248 Å². The third-order valence-electron chi connectivity index (χ3n) is 12.7. The quantitative estimate of drug-likeness (QED) is 0.144. The smallest absolute Gasteiger partial charge is 0.159 e. The molecule has 0 amide bonds. The van der Waals surface area contributed by atoms with Crippen LogP contribution < -0.4 is 14.5 Å². The molecule has 1 heterocycles. The Labute approximate surface area is 370 Å². The molecule has 0 N–H and O–H groups in total. The number of allylic oxidation sites excluding steroid dienone is 1. The monoisotopic (exact) mass is 810 g/mol. The van der Waals surface area contributed by atoms with Gasteiger partial charge in [-0.1, -0.05) is 176 Å². The van der Waals surface area contributed by atoms with Crippen LogP contribution >= 0.6 is 0 Å². The molecule has 9 aromatic rings. The number of ether oxygens (including phenoxy) is 1. The second-order valence-electron chi connectivity index (χ2n) is 16.4. The third kappa shape index (κ3) is 6.79. The molecular formula is C60H46N2O. The second-order valence-corrected chi connectivity index (χ2v) is 16.4. The number of aryl methyl sites for hydroxylation is 1. The van der Waals surface area contributed by atoms with Crippen molar-refractivity contribution in [2.75, 3.05) is 9.80 Å². The fourth-order valence-electron chi connectivity index (χ4n) is 9.69. The molecule has 11 rings (SSSR count). The molecule has 0 fully saturated rings. The summed E-state index contributed by atoms with van der Waals surface area (Å²) in [6.45, 7) is 4.27. The van der Waals surface area contributed by atoms with Gasteiger partial charge in [-0.15, -0.1) is 0 Å². The number of rotatable bonds is 9. The first-order chi connectivity index (χ1) is 31.1. The average molecular weight is 811 g/mol. The van der Waals surface area contributed by atoms with E-state index in [1.165, 1.54) is 44.5 Å². The van der Waals surface area contributed by atoms with Gasteiger partial charge in [-0.3, -0.25) is 0 Å². The predicted octanol–water partition coefficient (Wildman–Crippen LogP) is 17.1. The molecule has 1 aliphatic heterocycles. The third-order valence-corrected chi connectivity index (χ3v) is 12.7. The Morgan fingerprint density at radius 3 is 1.87 bits per heavy atom. The van der Waals surface area contributed by atoms with Gasteiger partial charge in [-0.2, -0.15) is 0 Å². The highest BCUT2D eigenvalue weighted by Gasteiger charge is 2.31. The lowest BCUT2D eigenvalue weighted by Gasteiger charge is -2.37. The highest BCUT2D eigenvalue weighted by molar-refractivity contribution is 6.11. The van der Waals surface area contributed by atoms with E-state index in [9.17, 15) is 0 Å². The SMILES string of the molecule is C/C=C\c1c(C)cccc1N(c1ccc(-c2ccccc2)cc1)c1cccc2c1Oc1ccc(N(c3ccc(-c4ccccc4)cc3)C3CC=Cc4ccccc43)c3cccc-2c13. The van der Waals surface area contributed by atoms with Crippen LogP contribution in [0.5, 0.6) is 11.5 Å². The Bertz CT molecular complexity index is 3180. The van der Waals surface area contributed by atoms with E-state index in [1.54, 1.807) is 0 Å². The van der Waals surface area contributed by atoms with Crippen molar-refractivity contribution in [2.45, 2.75) is 26.3 Å². The molecule has 2 aliphatic rings. The maximum atomic E-state index is 7.25. The Morgan fingerprint density at radius 2 is 1.14 bits per heavy atom. The minimum Gasteiger partial charge on any atom is -0.454 e. The zero-order chi connectivity index (χ0) is 42.3. The first-order valence-corrected chi connectivity index (χ1v) is 21.9. The first-order valence-electron chi connectivity index (χ1n) is 21.9. The van der Waals surface area contributed by atoms with E-state index in [0.29, 0.717) is 0 Å². The van der Waals surface area contributed by atoms with E-state index < -0.39 is 0 Å². The van der Waals surface area contributed by atoms with Crippen LogP contribution in [-0.2, 0) is 0 Å². The minimum atomic E-state index is 0.0942. The van der Waals surface area contributed by atoms with Gasteiger partial charge in [0.25, 0.3) is 0 Å². The number of nitrogens with zero attached hydrogens (tertiary/aromatic N) is 2. The lowest BCUT2D eigenvalue weighted by Crippen LogP contribution is -2.25. The van der Waals surface area contributed by atoms with Gasteiger partial charge in [0.05, 0.1) is 17.4 Å². The summed E-state index contributed by atoms with van der Waals surface area (Å²) in [5, 5.41) is 2.27. The Hall–Kier alpha value is -7.88. The summed E-state index contributed by atoms with van der Waals surface area (Å²) < 4.78 is 7.25. The summed E-state index contributed by atoms with van der Waals surface area (Å²) in [6.07, 6.45) is 9.81. The fourth-order valence-corrected chi connectivity index (χ4v) is 9.69. The molecule has 1 atom stereocenters. The van der Waals surface area contributed by atoms with Crippen LogP contribution in [0, 0.1) is 6.92 Å². The lowest BCUT2D eigenvalue weighted by molar-refractivity contribution is 0.488. The molecule has 3 nitrogen and oxygen atoms in total. The molecular weight excluding hydrogens is 765 g/mol. The van der Waals surface area contributed by atoms with Crippen LogP contribution in [0.1, 0.15) is 41.6 Å². The molecule has 0 bridgehead atoms. The highest BCUT2D eigenvalue weighted by atomic mass is 16.5. The van der Waals surface area contributed by atoms with E-state index >= 15 is 0 Å². The zero-order valence-electron chi connectivity index (χ0n) is 35.4. The van der Waals surface area contributed by atoms with Gasteiger partial charge in [0, 0.05) is 39.0 Å². The van der Waals surface area contributed by atoms with Crippen LogP contribution in [0.15, 0.2) is 212 Å². The molecule has 63 heavy (non-hydrogen) atoms. The van der Waals surface area contributed by atoms with Gasteiger partial charge in [0.1, 0.15) is 5.75 Å². The van der Waals surface area contributed by atoms with Crippen molar-refractivity contribution in [3.8, 4) is 44.9 Å². The molecule has 1 unspecified atom stereocenters. The van der Waals surface area contributed by atoms with Gasteiger partial charge in [-0.25, -0.2) is 0 Å². The van der Waals surface area contributed by atoms with Gasteiger partial charge >= 0.3 is 0 Å². The molecule has 0 aromatic heterocycles. The molecule has 1 aliphatic carbocycles. The summed E-state index contributed by atoms with van der Waals surface area (Å²) in [5.74, 6) is 1.69. The number of benzene rings is 9. The van der Waals surface area contributed by atoms with Gasteiger partial charge in [0.15, 0.2) is 5.75 Å². The van der Waals surface area contributed by atoms with Crippen LogP contribution in [0.25, 0.3) is 56.3 Å². The lowest BCUT2D eigenvalue weighted by atomic mass is 9.89. The van der Waals surface area contributed by atoms with Crippen molar-refractivity contribution in [3.05, 3.63) is 235 Å². The van der Waals surface area contributed by atoms with Crippen LogP contribution in [0.2, 0.25) is 0 Å². The van der Waals surface area contributed by atoms with Crippen LogP contribution in [0.3, 0.4) is 0 Å². The first kappa shape index (κ1) is 38.1. The number of hydrogen-bond acceptors (Lipinski definition) is 3. The average Bonchev–Trinajstić information content (AvgIpc) is 3.34. The van der Waals surface area contributed by atoms with Crippen LogP contribution in [-0.4, -0.2) is 0 Å². The van der Waals surface area contributed by atoms with Crippen molar-refractivity contribution in [1.29, 1.82) is 0 Å². The summed E-state index contributed by atoms with van der Waals surface area (Å²) in [6, 6.07) is 72.4. The van der Waals surface area contributed by atoms with Crippen molar-refractivity contribution in [3.63, 3.8) is 0 Å². The van der Waals surface area contributed by atoms with Crippen molar-refractivity contribution < 1.29 is 4.74 Å². The zero-order valence-corrected chi connectivity index (χ0v) is 35.4. The highest BCUT2D eigenvalue weighted by Crippen LogP contribution is 2.55. The molecule has 0 spiro atoms. The molecule has 0 saturated carbocycles. The van der Waals surface area contributed by atoms with E-state index in [1.807, 2.05) is 0 Å². The number of para-hydroxylation sites is 1. The van der Waals surface area contributed by atoms with Crippen molar-refractivity contribution >= 4 is 51.4 Å². The largest absolute Gasteiger partial charge is 0.454 e. The fraction of sp³-hybridized carbons (Fsp3) is 0.0667. The predicted molar refractivity (Wildman–Crippen MR) is 266 cm³/mol. The Balaban J connectivity index is 1.07. The van der Waals surface area contributed by atoms with E-state index in [0.717, 1.165) is 68.3 Å². The van der Waals surface area contributed by atoms with Crippen LogP contribution in [0.4, 0.5) is 28.4 Å². The van der Waals surface area contributed by atoms with Gasteiger partial charge < -0.3 is 14.5 Å². The Morgan fingerprint density at radius 1 is 0.524 bits per heavy atom. The maximum Gasteiger partial charge on any atom is 0.159 e. The maximum absolute atomic E-state index is 7.25. The standard InChI is InChI=1S/C60H46N2O/c1-3-16-49-41(2)17-12-28-54(49)62(48-37-33-45(34-38-48)43-20-8-5-9-21-43)57-30-15-26-52-51-25-14-27-53-56(39-40-58(59(51)53)63-60(52)57)61(55-29-13-23-46-22-10-11-24-50(46)55)47-35-31-44(32-36-47)42-18-6-4-7-19-42/h3-28,30-40,55H,29H2,1-2H3/b16-3-. The number of hydrogen-bond donors (Lipinski definition) is 0. The van der Waals surface area contributed by atoms with Gasteiger partial charge in [-0.05, 0) is 113 Å².